The summed E-state index contributed by atoms with van der Waals surface area (Å²) in [6, 6.07) is 6.38. The molecule has 0 aromatic heterocycles. The number of hydrogen-bond donors (Lipinski definition) is 0. The van der Waals surface area contributed by atoms with E-state index in [2.05, 4.69) is 16.7 Å². The standard InChI is InChI=1S/C20H31N3O2S/c1-2-21-13-9-18(10-14-21)23-15-8-17-6-7-19(16-20(17)23)26(24,25)22-11-4-3-5-12-22/h6-7,16,18H,2-5,8-15H2,1H3. The number of hydrogen-bond acceptors (Lipinski definition) is 4. The number of benzene rings is 1. The Morgan fingerprint density at radius 1 is 1.00 bits per heavy atom. The summed E-state index contributed by atoms with van der Waals surface area (Å²) in [5.74, 6) is 0. The van der Waals surface area contributed by atoms with Gasteiger partial charge >= 0.3 is 0 Å². The van der Waals surface area contributed by atoms with Crippen molar-refractivity contribution in [3.63, 3.8) is 0 Å². The fourth-order valence-corrected chi connectivity index (χ4v) is 6.26. The molecule has 0 atom stereocenters. The van der Waals surface area contributed by atoms with Gasteiger partial charge in [-0.3, -0.25) is 0 Å². The Balaban J connectivity index is 1.56. The van der Waals surface area contributed by atoms with Crippen molar-refractivity contribution in [2.45, 2.75) is 56.4 Å². The van der Waals surface area contributed by atoms with E-state index in [4.69, 9.17) is 0 Å². The van der Waals surface area contributed by atoms with Gasteiger partial charge in [0.15, 0.2) is 0 Å². The molecule has 5 nitrogen and oxygen atoms in total. The molecule has 0 bridgehead atoms. The molecule has 0 unspecified atom stereocenters. The molecule has 26 heavy (non-hydrogen) atoms. The van der Waals surface area contributed by atoms with E-state index < -0.39 is 10.0 Å². The van der Waals surface area contributed by atoms with Gasteiger partial charge in [-0.25, -0.2) is 8.42 Å². The fraction of sp³-hybridized carbons (Fsp3) is 0.700. The van der Waals surface area contributed by atoms with Gasteiger partial charge in [0.1, 0.15) is 0 Å². The van der Waals surface area contributed by atoms with Crippen LogP contribution in [-0.2, 0) is 16.4 Å². The van der Waals surface area contributed by atoms with Crippen molar-refractivity contribution in [3.05, 3.63) is 23.8 Å². The average molecular weight is 378 g/mol. The number of rotatable bonds is 4. The van der Waals surface area contributed by atoms with Gasteiger partial charge in [-0.2, -0.15) is 4.31 Å². The van der Waals surface area contributed by atoms with Crippen LogP contribution < -0.4 is 4.90 Å². The van der Waals surface area contributed by atoms with Crippen molar-refractivity contribution >= 4 is 15.7 Å². The van der Waals surface area contributed by atoms with Crippen LogP contribution in [0.3, 0.4) is 0 Å². The van der Waals surface area contributed by atoms with Gasteiger partial charge in [-0.15, -0.1) is 0 Å². The lowest BCUT2D eigenvalue weighted by Crippen LogP contribution is -2.44. The van der Waals surface area contributed by atoms with Crippen LogP contribution >= 0.6 is 0 Å². The normalized spacial score (nSPS) is 23.3. The van der Waals surface area contributed by atoms with Crippen molar-refractivity contribution < 1.29 is 8.42 Å². The smallest absolute Gasteiger partial charge is 0.243 e. The number of likely N-dealkylation sites (tertiary alicyclic amines) is 1. The van der Waals surface area contributed by atoms with E-state index in [-0.39, 0.29) is 0 Å². The van der Waals surface area contributed by atoms with Gasteiger partial charge in [-0.05, 0) is 56.3 Å². The molecule has 2 fully saturated rings. The van der Waals surface area contributed by atoms with E-state index in [1.165, 1.54) is 18.4 Å². The van der Waals surface area contributed by atoms with Crippen LogP contribution in [0.25, 0.3) is 0 Å². The maximum atomic E-state index is 13.1. The van der Waals surface area contributed by atoms with Gasteiger partial charge < -0.3 is 9.80 Å². The maximum Gasteiger partial charge on any atom is 0.243 e. The number of sulfonamides is 1. The van der Waals surface area contributed by atoms with Crippen LogP contribution in [0.1, 0.15) is 44.6 Å². The first-order chi connectivity index (χ1) is 12.6. The number of piperidine rings is 2. The van der Waals surface area contributed by atoms with Crippen molar-refractivity contribution in [3.8, 4) is 0 Å². The molecule has 0 amide bonds. The van der Waals surface area contributed by atoms with Crippen LogP contribution in [-0.4, -0.2) is 62.9 Å². The highest BCUT2D eigenvalue weighted by atomic mass is 32.2. The van der Waals surface area contributed by atoms with Gasteiger partial charge in [-0.1, -0.05) is 19.4 Å². The summed E-state index contributed by atoms with van der Waals surface area (Å²) in [5.41, 5.74) is 2.47. The quantitative estimate of drug-likeness (QED) is 0.809. The Hall–Kier alpha value is -1.11. The van der Waals surface area contributed by atoms with Crippen LogP contribution in [0.15, 0.2) is 23.1 Å². The van der Waals surface area contributed by atoms with Gasteiger partial charge in [0, 0.05) is 44.5 Å². The van der Waals surface area contributed by atoms with Crippen LogP contribution in [0, 0.1) is 0 Å². The second kappa shape index (κ2) is 7.49. The molecule has 3 aliphatic rings. The van der Waals surface area contributed by atoms with Gasteiger partial charge in [0.2, 0.25) is 10.0 Å². The molecule has 144 valence electrons. The van der Waals surface area contributed by atoms with E-state index in [9.17, 15) is 8.42 Å². The average Bonchev–Trinajstić information content (AvgIpc) is 3.12. The molecule has 4 rings (SSSR count). The molecule has 0 spiro atoms. The molecule has 2 saturated heterocycles. The number of fused-ring (bicyclic) bond motifs is 1. The summed E-state index contributed by atoms with van der Waals surface area (Å²) < 4.78 is 27.8. The Bertz CT molecular complexity index is 735. The SMILES string of the molecule is CCN1CCC(N2CCc3ccc(S(=O)(=O)N4CCCCC4)cc32)CC1. The van der Waals surface area contributed by atoms with Crippen LogP contribution in [0.2, 0.25) is 0 Å². The molecule has 0 radical (unpaired) electrons. The summed E-state index contributed by atoms with van der Waals surface area (Å²) in [6.45, 7) is 8.01. The Morgan fingerprint density at radius 2 is 1.73 bits per heavy atom. The minimum Gasteiger partial charge on any atom is -0.368 e. The van der Waals surface area contributed by atoms with Crippen molar-refractivity contribution in [1.82, 2.24) is 9.21 Å². The Morgan fingerprint density at radius 3 is 2.42 bits per heavy atom. The minimum absolute atomic E-state index is 0.482. The van der Waals surface area contributed by atoms with Gasteiger partial charge in [0.05, 0.1) is 4.90 Å². The zero-order chi connectivity index (χ0) is 18.1. The highest BCUT2D eigenvalue weighted by molar-refractivity contribution is 7.89. The minimum atomic E-state index is -3.35. The molecule has 3 aliphatic heterocycles. The largest absolute Gasteiger partial charge is 0.368 e. The number of nitrogens with zero attached hydrogens (tertiary/aromatic N) is 3. The first-order valence-corrected chi connectivity index (χ1v) is 11.7. The third-order valence-corrected chi connectivity index (χ3v) is 8.28. The molecular formula is C20H31N3O2S. The number of anilines is 1. The summed E-state index contributed by atoms with van der Waals surface area (Å²) >= 11 is 0. The highest BCUT2D eigenvalue weighted by Crippen LogP contribution is 2.35. The summed E-state index contributed by atoms with van der Waals surface area (Å²) in [5, 5.41) is 0. The lowest BCUT2D eigenvalue weighted by atomic mass is 10.0. The second-order valence-corrected chi connectivity index (χ2v) is 9.80. The predicted octanol–water partition coefficient (Wildman–Crippen LogP) is 2.71. The topological polar surface area (TPSA) is 43.9 Å². The molecule has 0 saturated carbocycles. The van der Waals surface area contributed by atoms with Crippen molar-refractivity contribution in [2.75, 3.05) is 44.2 Å². The molecule has 1 aromatic rings. The second-order valence-electron chi connectivity index (χ2n) is 7.86. The molecule has 3 heterocycles. The van der Waals surface area contributed by atoms with E-state index in [0.717, 1.165) is 57.5 Å². The molecule has 1 aromatic carbocycles. The molecule has 0 aliphatic carbocycles. The first-order valence-electron chi connectivity index (χ1n) is 10.2. The van der Waals surface area contributed by atoms with Crippen molar-refractivity contribution in [1.29, 1.82) is 0 Å². The first kappa shape index (κ1) is 18.3. The van der Waals surface area contributed by atoms with Gasteiger partial charge in [0.25, 0.3) is 0 Å². The molecule has 6 heteroatoms. The summed E-state index contributed by atoms with van der Waals surface area (Å²) in [6.07, 6.45) is 6.49. The van der Waals surface area contributed by atoms with E-state index in [1.54, 1.807) is 4.31 Å². The van der Waals surface area contributed by atoms with Crippen LogP contribution in [0.5, 0.6) is 0 Å². The maximum absolute atomic E-state index is 13.1. The third-order valence-electron chi connectivity index (χ3n) is 6.39. The Labute approximate surface area is 158 Å². The van der Waals surface area contributed by atoms with E-state index in [1.807, 2.05) is 18.2 Å². The highest BCUT2D eigenvalue weighted by Gasteiger charge is 2.32. The van der Waals surface area contributed by atoms with Crippen LogP contribution in [0.4, 0.5) is 5.69 Å². The molecule has 0 N–H and O–H groups in total. The fourth-order valence-electron chi connectivity index (χ4n) is 4.73. The zero-order valence-corrected chi connectivity index (χ0v) is 16.7. The Kier molecular flexibility index (Phi) is 5.26. The zero-order valence-electron chi connectivity index (χ0n) is 15.9. The predicted molar refractivity (Wildman–Crippen MR) is 105 cm³/mol. The van der Waals surface area contributed by atoms with E-state index in [0.29, 0.717) is 24.0 Å². The molecular weight excluding hydrogens is 346 g/mol. The summed E-state index contributed by atoms with van der Waals surface area (Å²) in [7, 11) is -3.35. The monoisotopic (exact) mass is 377 g/mol. The lowest BCUT2D eigenvalue weighted by Gasteiger charge is -2.37. The third kappa shape index (κ3) is 3.39. The van der Waals surface area contributed by atoms with Crippen molar-refractivity contribution in [2.24, 2.45) is 0 Å². The van der Waals surface area contributed by atoms with E-state index >= 15 is 0 Å². The lowest BCUT2D eigenvalue weighted by molar-refractivity contribution is 0.219. The summed E-state index contributed by atoms with van der Waals surface area (Å²) in [4.78, 5) is 5.47.